The third-order valence-electron chi connectivity index (χ3n) is 5.00. The first-order valence-corrected chi connectivity index (χ1v) is 11.0. The molecular weight excluding hydrogens is 348 g/mol. The first kappa shape index (κ1) is 24.4. The van der Waals surface area contributed by atoms with Crippen LogP contribution in [-0.2, 0) is 11.2 Å². The molecule has 0 aliphatic rings. The molecule has 0 fully saturated rings. The number of rotatable bonds is 15. The van der Waals surface area contributed by atoms with Crippen molar-refractivity contribution in [3.8, 4) is 0 Å². The van der Waals surface area contributed by atoms with Gasteiger partial charge in [0.2, 0.25) is 0 Å². The van der Waals surface area contributed by atoms with Crippen LogP contribution in [0.25, 0.3) is 0 Å². The van der Waals surface area contributed by atoms with Gasteiger partial charge < -0.3 is 20.3 Å². The van der Waals surface area contributed by atoms with E-state index in [0.29, 0.717) is 6.04 Å². The lowest BCUT2D eigenvalue weighted by molar-refractivity contribution is 0.133. The predicted octanol–water partition coefficient (Wildman–Crippen LogP) is 3.70. The van der Waals surface area contributed by atoms with E-state index in [1.54, 1.807) is 0 Å². The van der Waals surface area contributed by atoms with Crippen LogP contribution in [0.3, 0.4) is 0 Å². The molecule has 1 aromatic rings. The Kier molecular flexibility index (Phi) is 14.3. The van der Waals surface area contributed by atoms with Gasteiger partial charge in [0.25, 0.3) is 0 Å². The monoisotopic (exact) mass is 390 g/mol. The average molecular weight is 391 g/mol. The molecule has 0 aromatic heterocycles. The second-order valence-corrected chi connectivity index (χ2v) is 7.27. The second kappa shape index (κ2) is 16.4. The largest absolute Gasteiger partial charge is 0.381 e. The molecule has 0 bridgehead atoms. The lowest BCUT2D eigenvalue weighted by Crippen LogP contribution is -2.42. The molecule has 0 saturated heterocycles. The third-order valence-corrected chi connectivity index (χ3v) is 5.00. The minimum absolute atomic E-state index is 0.433. The Labute approximate surface area is 173 Å². The molecule has 160 valence electrons. The highest BCUT2D eigenvalue weighted by atomic mass is 16.5. The van der Waals surface area contributed by atoms with Crippen molar-refractivity contribution >= 4 is 5.96 Å². The van der Waals surface area contributed by atoms with Crippen molar-refractivity contribution in [1.82, 2.24) is 15.5 Å². The van der Waals surface area contributed by atoms with Gasteiger partial charge in [-0.1, -0.05) is 44.2 Å². The summed E-state index contributed by atoms with van der Waals surface area (Å²) in [6, 6.07) is 10.9. The Balaban J connectivity index is 2.01. The van der Waals surface area contributed by atoms with Gasteiger partial charge in [-0.2, -0.15) is 0 Å². The smallest absolute Gasteiger partial charge is 0.191 e. The molecule has 1 unspecified atom stereocenters. The quantitative estimate of drug-likeness (QED) is 0.272. The summed E-state index contributed by atoms with van der Waals surface area (Å²) in [7, 11) is 1.84. The molecule has 0 saturated carbocycles. The van der Waals surface area contributed by atoms with Crippen molar-refractivity contribution in [3.05, 3.63) is 35.9 Å². The standard InChI is InChI=1S/C23H42N4O/c1-5-27(6-2)18-12-13-21(3)26-23(24-4)25-17-10-11-19-28-20-16-22-14-8-7-9-15-22/h7-9,14-15,21H,5-6,10-13,16-20H2,1-4H3,(H2,24,25,26). The molecule has 1 aromatic carbocycles. The van der Waals surface area contributed by atoms with Crippen LogP contribution < -0.4 is 10.6 Å². The summed E-state index contributed by atoms with van der Waals surface area (Å²) in [6.07, 6.45) is 5.52. The van der Waals surface area contributed by atoms with Crippen molar-refractivity contribution in [3.63, 3.8) is 0 Å². The third kappa shape index (κ3) is 12.0. The Morgan fingerprint density at radius 2 is 1.82 bits per heavy atom. The minimum atomic E-state index is 0.433. The highest BCUT2D eigenvalue weighted by Gasteiger charge is 2.06. The van der Waals surface area contributed by atoms with Crippen LogP contribution in [0.2, 0.25) is 0 Å². The highest BCUT2D eigenvalue weighted by Crippen LogP contribution is 2.01. The van der Waals surface area contributed by atoms with Crippen molar-refractivity contribution in [2.24, 2.45) is 4.99 Å². The topological polar surface area (TPSA) is 48.9 Å². The highest BCUT2D eigenvalue weighted by molar-refractivity contribution is 5.79. The van der Waals surface area contributed by atoms with E-state index in [9.17, 15) is 0 Å². The molecule has 0 aliphatic heterocycles. The molecule has 5 nitrogen and oxygen atoms in total. The number of unbranched alkanes of at least 4 members (excludes halogenated alkanes) is 1. The fourth-order valence-electron chi connectivity index (χ4n) is 3.13. The SMILES string of the molecule is CCN(CC)CCCC(C)NC(=NC)NCCCCOCCc1ccccc1. The van der Waals surface area contributed by atoms with Crippen molar-refractivity contribution < 1.29 is 4.74 Å². The predicted molar refractivity (Wildman–Crippen MR) is 121 cm³/mol. The molecule has 0 radical (unpaired) electrons. The average Bonchev–Trinajstić information content (AvgIpc) is 2.73. The fraction of sp³-hybridized carbons (Fsp3) is 0.696. The van der Waals surface area contributed by atoms with Gasteiger partial charge >= 0.3 is 0 Å². The van der Waals surface area contributed by atoms with Gasteiger partial charge in [0.15, 0.2) is 5.96 Å². The van der Waals surface area contributed by atoms with Gasteiger partial charge in [0.05, 0.1) is 6.61 Å². The summed E-state index contributed by atoms with van der Waals surface area (Å²) in [5.74, 6) is 0.903. The van der Waals surface area contributed by atoms with Crippen LogP contribution in [0.4, 0.5) is 0 Å². The minimum Gasteiger partial charge on any atom is -0.381 e. The number of ether oxygens (including phenoxy) is 1. The summed E-state index contributed by atoms with van der Waals surface area (Å²) in [5, 5.41) is 6.91. The van der Waals surface area contributed by atoms with Gasteiger partial charge in [-0.15, -0.1) is 0 Å². The lowest BCUT2D eigenvalue weighted by atomic mass is 10.2. The van der Waals surface area contributed by atoms with Gasteiger partial charge in [0.1, 0.15) is 0 Å². The van der Waals surface area contributed by atoms with Crippen LogP contribution in [0, 0.1) is 0 Å². The summed E-state index contributed by atoms with van der Waals surface area (Å²) >= 11 is 0. The molecule has 1 rings (SSSR count). The maximum absolute atomic E-state index is 5.74. The molecular formula is C23H42N4O. The molecule has 5 heteroatoms. The summed E-state index contributed by atoms with van der Waals surface area (Å²) in [4.78, 5) is 6.81. The number of hydrogen-bond donors (Lipinski definition) is 2. The Morgan fingerprint density at radius 1 is 1.07 bits per heavy atom. The molecule has 1 atom stereocenters. The second-order valence-electron chi connectivity index (χ2n) is 7.27. The van der Waals surface area contributed by atoms with Crippen LogP contribution in [0.15, 0.2) is 35.3 Å². The summed E-state index contributed by atoms with van der Waals surface area (Å²) in [5.41, 5.74) is 1.34. The maximum atomic E-state index is 5.74. The molecule has 0 amide bonds. The van der Waals surface area contributed by atoms with E-state index in [4.69, 9.17) is 4.74 Å². The zero-order chi connectivity index (χ0) is 20.5. The maximum Gasteiger partial charge on any atom is 0.191 e. The summed E-state index contributed by atoms with van der Waals surface area (Å²) in [6.45, 7) is 12.7. The fourth-order valence-corrected chi connectivity index (χ4v) is 3.13. The normalized spacial score (nSPS) is 13.0. The number of nitrogens with zero attached hydrogens (tertiary/aromatic N) is 2. The molecule has 28 heavy (non-hydrogen) atoms. The van der Waals surface area contributed by atoms with Crippen molar-refractivity contribution in [2.75, 3.05) is 46.4 Å². The van der Waals surface area contributed by atoms with Gasteiger partial charge in [0, 0.05) is 26.2 Å². The summed E-state index contributed by atoms with van der Waals surface area (Å²) < 4.78 is 5.74. The lowest BCUT2D eigenvalue weighted by Gasteiger charge is -2.21. The van der Waals surface area contributed by atoms with Crippen LogP contribution in [0.1, 0.15) is 52.0 Å². The van der Waals surface area contributed by atoms with Crippen molar-refractivity contribution in [2.45, 2.75) is 58.9 Å². The number of guanidine groups is 1. The molecule has 2 N–H and O–H groups in total. The van der Waals surface area contributed by atoms with Gasteiger partial charge in [-0.05, 0) is 64.2 Å². The Hall–Kier alpha value is -1.59. The van der Waals surface area contributed by atoms with E-state index >= 15 is 0 Å². The van der Waals surface area contributed by atoms with E-state index in [2.05, 4.69) is 65.6 Å². The van der Waals surface area contributed by atoms with Crippen molar-refractivity contribution in [1.29, 1.82) is 0 Å². The van der Waals surface area contributed by atoms with Crippen LogP contribution in [0.5, 0.6) is 0 Å². The van der Waals surface area contributed by atoms with Gasteiger partial charge in [-0.3, -0.25) is 4.99 Å². The Morgan fingerprint density at radius 3 is 2.50 bits per heavy atom. The number of hydrogen-bond acceptors (Lipinski definition) is 3. The molecule has 0 heterocycles. The number of aliphatic imine (C=N–C) groups is 1. The van der Waals surface area contributed by atoms with E-state index in [0.717, 1.165) is 64.5 Å². The number of benzene rings is 1. The number of nitrogens with one attached hydrogen (secondary N) is 2. The first-order valence-electron chi connectivity index (χ1n) is 11.0. The Bertz CT molecular complexity index is 503. The van der Waals surface area contributed by atoms with Gasteiger partial charge in [-0.25, -0.2) is 0 Å². The molecule has 0 spiro atoms. The van der Waals surface area contributed by atoms with Crippen LogP contribution >= 0.6 is 0 Å². The van der Waals surface area contributed by atoms with E-state index in [1.165, 1.54) is 18.5 Å². The first-order chi connectivity index (χ1) is 13.7. The molecule has 0 aliphatic carbocycles. The van der Waals surface area contributed by atoms with E-state index < -0.39 is 0 Å². The van der Waals surface area contributed by atoms with Crippen LogP contribution in [-0.4, -0.2) is 63.3 Å². The zero-order valence-electron chi connectivity index (χ0n) is 18.5. The zero-order valence-corrected chi connectivity index (χ0v) is 18.5. The van der Waals surface area contributed by atoms with E-state index in [-0.39, 0.29) is 0 Å². The van der Waals surface area contributed by atoms with E-state index in [1.807, 2.05) is 13.1 Å².